The van der Waals surface area contributed by atoms with Gasteiger partial charge in [0, 0.05) is 28.1 Å². The van der Waals surface area contributed by atoms with Crippen molar-refractivity contribution in [2.75, 3.05) is 25.6 Å². The van der Waals surface area contributed by atoms with Gasteiger partial charge in [-0.25, -0.2) is 0 Å². The first-order chi connectivity index (χ1) is 8.13. The Morgan fingerprint density at radius 1 is 1.47 bits per heavy atom. The molecule has 2 unspecified atom stereocenters. The first kappa shape index (κ1) is 15.0. The molecule has 0 saturated heterocycles. The molecule has 0 radical (unpaired) electrons. The molecule has 0 spiro atoms. The molecule has 1 aromatic rings. The van der Waals surface area contributed by atoms with E-state index in [2.05, 4.69) is 44.2 Å². The minimum atomic E-state index is 0.363. The van der Waals surface area contributed by atoms with Gasteiger partial charge in [0.1, 0.15) is 0 Å². The fourth-order valence-electron chi connectivity index (χ4n) is 1.91. The highest BCUT2D eigenvalue weighted by atomic mass is 32.2. The summed E-state index contributed by atoms with van der Waals surface area (Å²) in [4.78, 5) is 5.26. The summed E-state index contributed by atoms with van der Waals surface area (Å²) in [5.74, 6) is 1.15. The van der Waals surface area contributed by atoms with Gasteiger partial charge in [0.05, 0.1) is 6.04 Å². The molecule has 0 aromatic carbocycles. The van der Waals surface area contributed by atoms with Crippen molar-refractivity contribution in [3.63, 3.8) is 0 Å². The Labute approximate surface area is 114 Å². The summed E-state index contributed by atoms with van der Waals surface area (Å²) in [6, 6.07) is 5.40. The largest absolute Gasteiger partial charge is 0.329 e. The lowest BCUT2D eigenvalue weighted by Crippen LogP contribution is -2.37. The van der Waals surface area contributed by atoms with Crippen LogP contribution in [0.4, 0.5) is 0 Å². The van der Waals surface area contributed by atoms with Gasteiger partial charge < -0.3 is 5.73 Å². The fraction of sp³-hybridized carbons (Fsp3) is 0.692. The minimum absolute atomic E-state index is 0.363. The van der Waals surface area contributed by atoms with Gasteiger partial charge >= 0.3 is 0 Å². The summed E-state index contributed by atoms with van der Waals surface area (Å²) < 4.78 is 0. The van der Waals surface area contributed by atoms with Gasteiger partial charge in [-0.15, -0.1) is 11.3 Å². The van der Waals surface area contributed by atoms with Crippen LogP contribution in [0.5, 0.6) is 0 Å². The van der Waals surface area contributed by atoms with Crippen LogP contribution in [0.15, 0.2) is 12.1 Å². The number of nitrogens with two attached hydrogens (primary N) is 1. The van der Waals surface area contributed by atoms with Crippen molar-refractivity contribution in [1.29, 1.82) is 0 Å². The van der Waals surface area contributed by atoms with Crippen molar-refractivity contribution in [2.24, 2.45) is 5.73 Å². The van der Waals surface area contributed by atoms with Crippen molar-refractivity contribution in [1.82, 2.24) is 4.90 Å². The monoisotopic (exact) mass is 272 g/mol. The summed E-state index contributed by atoms with van der Waals surface area (Å²) in [7, 11) is 2.18. The van der Waals surface area contributed by atoms with Crippen LogP contribution in [0.25, 0.3) is 0 Å². The van der Waals surface area contributed by atoms with Crippen LogP contribution in [0.1, 0.15) is 29.6 Å². The van der Waals surface area contributed by atoms with Crippen LogP contribution in [0.2, 0.25) is 0 Å². The topological polar surface area (TPSA) is 29.3 Å². The highest BCUT2D eigenvalue weighted by molar-refractivity contribution is 7.98. The summed E-state index contributed by atoms with van der Waals surface area (Å²) >= 11 is 3.79. The molecule has 98 valence electrons. The van der Waals surface area contributed by atoms with E-state index in [9.17, 15) is 0 Å². The van der Waals surface area contributed by atoms with Gasteiger partial charge in [0.2, 0.25) is 0 Å². The molecule has 0 saturated carbocycles. The van der Waals surface area contributed by atoms with Gasteiger partial charge in [-0.05, 0) is 38.8 Å². The summed E-state index contributed by atoms with van der Waals surface area (Å²) in [5.41, 5.74) is 5.95. The van der Waals surface area contributed by atoms with E-state index in [0.29, 0.717) is 18.6 Å². The quantitative estimate of drug-likeness (QED) is 0.827. The fourth-order valence-corrected chi connectivity index (χ4v) is 3.75. The number of aryl methyl sites for hydroxylation is 1. The van der Waals surface area contributed by atoms with Gasteiger partial charge in [-0.2, -0.15) is 11.8 Å². The van der Waals surface area contributed by atoms with Crippen molar-refractivity contribution < 1.29 is 0 Å². The van der Waals surface area contributed by atoms with Crippen LogP contribution in [-0.4, -0.2) is 36.5 Å². The van der Waals surface area contributed by atoms with Crippen molar-refractivity contribution in [3.8, 4) is 0 Å². The number of thioether (sulfide) groups is 1. The van der Waals surface area contributed by atoms with Crippen molar-refractivity contribution in [3.05, 3.63) is 21.9 Å². The van der Waals surface area contributed by atoms with E-state index >= 15 is 0 Å². The second kappa shape index (κ2) is 7.41. The molecule has 17 heavy (non-hydrogen) atoms. The molecule has 0 amide bonds. The van der Waals surface area contributed by atoms with Crippen molar-refractivity contribution >= 4 is 23.1 Å². The van der Waals surface area contributed by atoms with E-state index in [-0.39, 0.29) is 0 Å². The lowest BCUT2D eigenvalue weighted by Gasteiger charge is -2.31. The number of likely N-dealkylation sites (N-methyl/N-ethyl adjacent to an activating group) is 1. The van der Waals surface area contributed by atoms with Gasteiger partial charge in [0.15, 0.2) is 0 Å². The summed E-state index contributed by atoms with van der Waals surface area (Å²) in [5, 5.41) is 0. The van der Waals surface area contributed by atoms with Crippen LogP contribution in [0, 0.1) is 0 Å². The number of hydrogen-bond donors (Lipinski definition) is 1. The lowest BCUT2D eigenvalue weighted by atomic mass is 10.2. The molecule has 0 bridgehead atoms. The molecule has 4 heteroatoms. The van der Waals surface area contributed by atoms with E-state index in [1.165, 1.54) is 9.75 Å². The molecular formula is C13H24N2S2. The summed E-state index contributed by atoms with van der Waals surface area (Å²) in [6.07, 6.45) is 3.27. The van der Waals surface area contributed by atoms with Gasteiger partial charge in [0.25, 0.3) is 0 Å². The number of thiophene rings is 1. The van der Waals surface area contributed by atoms with E-state index in [1.807, 2.05) is 23.1 Å². The van der Waals surface area contributed by atoms with Crippen LogP contribution in [-0.2, 0) is 6.42 Å². The Kier molecular flexibility index (Phi) is 6.55. The zero-order valence-electron chi connectivity index (χ0n) is 11.3. The molecule has 2 N–H and O–H groups in total. The van der Waals surface area contributed by atoms with Gasteiger partial charge in [-0.3, -0.25) is 4.90 Å². The van der Waals surface area contributed by atoms with E-state index < -0.39 is 0 Å². The van der Waals surface area contributed by atoms with Crippen LogP contribution >= 0.6 is 23.1 Å². The SMILES string of the molecule is CCc1ccc(C(CN)N(C)C(C)CSC)s1. The lowest BCUT2D eigenvalue weighted by molar-refractivity contribution is 0.207. The average Bonchev–Trinajstić information content (AvgIpc) is 2.79. The molecule has 0 aliphatic carbocycles. The molecule has 1 aromatic heterocycles. The zero-order valence-corrected chi connectivity index (χ0v) is 12.9. The molecule has 0 aliphatic rings. The molecule has 0 aliphatic heterocycles. The second-order valence-electron chi connectivity index (χ2n) is 4.38. The predicted molar refractivity (Wildman–Crippen MR) is 81.1 cm³/mol. The summed E-state index contributed by atoms with van der Waals surface area (Å²) in [6.45, 7) is 5.17. The smallest absolute Gasteiger partial charge is 0.0564 e. The zero-order chi connectivity index (χ0) is 12.8. The van der Waals surface area contributed by atoms with Crippen molar-refractivity contribution in [2.45, 2.75) is 32.4 Å². The van der Waals surface area contributed by atoms with Crippen LogP contribution < -0.4 is 5.73 Å². The average molecular weight is 272 g/mol. The predicted octanol–water partition coefficient (Wildman–Crippen LogP) is 2.99. The Bertz CT molecular complexity index is 325. The Hall–Kier alpha value is -0.0300. The minimum Gasteiger partial charge on any atom is -0.329 e. The van der Waals surface area contributed by atoms with E-state index in [1.54, 1.807) is 0 Å². The molecular weight excluding hydrogens is 248 g/mol. The molecule has 0 fully saturated rings. The van der Waals surface area contributed by atoms with Crippen LogP contribution in [0.3, 0.4) is 0 Å². The Morgan fingerprint density at radius 3 is 2.65 bits per heavy atom. The third kappa shape index (κ3) is 3.98. The standard InChI is InChI=1S/C13H24N2S2/c1-5-11-6-7-13(17-11)12(8-14)15(3)10(2)9-16-4/h6-7,10,12H,5,8-9,14H2,1-4H3. The third-order valence-electron chi connectivity index (χ3n) is 3.18. The first-order valence-corrected chi connectivity index (χ1v) is 8.34. The normalized spacial score (nSPS) is 15.2. The number of hydrogen-bond acceptors (Lipinski definition) is 4. The molecule has 1 rings (SSSR count). The maximum Gasteiger partial charge on any atom is 0.0564 e. The number of nitrogens with zero attached hydrogens (tertiary/aromatic N) is 1. The molecule has 1 heterocycles. The maximum absolute atomic E-state index is 5.95. The first-order valence-electron chi connectivity index (χ1n) is 6.13. The van der Waals surface area contributed by atoms with E-state index in [0.717, 1.165) is 12.2 Å². The Morgan fingerprint density at radius 2 is 2.18 bits per heavy atom. The second-order valence-corrected chi connectivity index (χ2v) is 6.49. The molecule has 2 nitrogen and oxygen atoms in total. The van der Waals surface area contributed by atoms with E-state index in [4.69, 9.17) is 5.73 Å². The highest BCUT2D eigenvalue weighted by Crippen LogP contribution is 2.28. The number of rotatable bonds is 7. The molecule has 2 atom stereocenters. The van der Waals surface area contributed by atoms with Gasteiger partial charge in [-0.1, -0.05) is 6.92 Å². The highest BCUT2D eigenvalue weighted by Gasteiger charge is 2.21. The Balaban J connectivity index is 2.76. The third-order valence-corrected chi connectivity index (χ3v) is 5.32. The maximum atomic E-state index is 5.95.